The van der Waals surface area contributed by atoms with E-state index in [1.54, 1.807) is 32.4 Å². The Bertz CT molecular complexity index is 1070. The van der Waals surface area contributed by atoms with Gasteiger partial charge in [-0.25, -0.2) is 9.97 Å². The van der Waals surface area contributed by atoms with Gasteiger partial charge in [0.15, 0.2) is 5.82 Å². The highest BCUT2D eigenvalue weighted by atomic mass is 35.5. The van der Waals surface area contributed by atoms with Crippen LogP contribution in [0.2, 0.25) is 5.02 Å². The number of hydrogen-bond donors (Lipinski definition) is 4. The number of anilines is 2. The molecule has 0 aliphatic rings. The summed E-state index contributed by atoms with van der Waals surface area (Å²) in [4.78, 5) is 28.1. The molecule has 144 valence electrons. The molecule has 9 heteroatoms. The predicted molar refractivity (Wildman–Crippen MR) is 111 cm³/mol. The number of H-pyrrole nitrogens is 1. The number of hydrogen-bond acceptors (Lipinski definition) is 6. The number of halogens is 1. The van der Waals surface area contributed by atoms with Gasteiger partial charge in [0.1, 0.15) is 11.3 Å². The van der Waals surface area contributed by atoms with Crippen molar-refractivity contribution in [2.75, 3.05) is 24.7 Å². The molecule has 28 heavy (non-hydrogen) atoms. The number of aromatic amines is 1. The van der Waals surface area contributed by atoms with Crippen LogP contribution >= 0.6 is 11.6 Å². The number of carbonyl (C=O) groups is 1. The molecule has 3 aromatic rings. The van der Waals surface area contributed by atoms with Gasteiger partial charge in [-0.05, 0) is 19.1 Å². The van der Waals surface area contributed by atoms with E-state index in [4.69, 9.17) is 11.6 Å². The van der Waals surface area contributed by atoms with Crippen LogP contribution in [0.1, 0.15) is 29.5 Å². The molecule has 1 atom stereocenters. The first-order valence-corrected chi connectivity index (χ1v) is 9.06. The van der Waals surface area contributed by atoms with Gasteiger partial charge in [-0.2, -0.15) is 4.98 Å². The molecule has 0 fully saturated rings. The number of para-hydroxylation sites is 1. The lowest BCUT2D eigenvalue weighted by molar-refractivity contribution is 0.0931. The van der Waals surface area contributed by atoms with Crippen LogP contribution in [0.3, 0.4) is 0 Å². The van der Waals surface area contributed by atoms with Gasteiger partial charge < -0.3 is 20.9 Å². The lowest BCUT2D eigenvalue weighted by Crippen LogP contribution is -2.32. The molecule has 0 aliphatic heterocycles. The number of fused-ring (bicyclic) bond motifs is 1. The highest BCUT2D eigenvalue weighted by Gasteiger charge is 2.14. The van der Waals surface area contributed by atoms with Crippen molar-refractivity contribution in [2.24, 2.45) is 0 Å². The lowest BCUT2D eigenvalue weighted by atomic mass is 10.2. The molecule has 4 N–H and O–H groups in total. The summed E-state index contributed by atoms with van der Waals surface area (Å²) in [7, 11) is 3.52. The molecule has 0 bridgehead atoms. The van der Waals surface area contributed by atoms with Gasteiger partial charge in [0.05, 0.1) is 22.3 Å². The fourth-order valence-electron chi connectivity index (χ4n) is 2.53. The van der Waals surface area contributed by atoms with E-state index in [1.807, 2.05) is 13.0 Å². The minimum Gasteiger partial charge on any atom is -0.372 e. The standard InChI is InChI=1S/C19H20ClN7O/c1-11(6-4-7-12-10-23-19(22-3)27-16(12)21-2)24-18(28)17-25-14-9-5-8-13(20)15(14)26-17/h5,8-11H,6H2,1-3H3,(H,24,28)(H,25,26)(H2,21,22,23,27)/t11-/m0/s1. The summed E-state index contributed by atoms with van der Waals surface area (Å²) in [6.45, 7) is 1.88. The number of benzene rings is 1. The number of carbonyl (C=O) groups excluding carboxylic acids is 1. The number of nitrogens with one attached hydrogen (secondary N) is 4. The van der Waals surface area contributed by atoms with Gasteiger partial charge in [0.2, 0.25) is 5.95 Å². The van der Waals surface area contributed by atoms with E-state index in [0.717, 1.165) is 5.52 Å². The average molecular weight is 398 g/mol. The number of amides is 1. The van der Waals surface area contributed by atoms with Crippen molar-refractivity contribution in [3.05, 3.63) is 40.8 Å². The Hall–Kier alpha value is -3.31. The minimum atomic E-state index is -0.306. The average Bonchev–Trinajstić information content (AvgIpc) is 3.14. The molecular weight excluding hydrogens is 378 g/mol. The maximum atomic E-state index is 12.4. The Kier molecular flexibility index (Phi) is 5.96. The van der Waals surface area contributed by atoms with Gasteiger partial charge >= 0.3 is 0 Å². The molecule has 3 rings (SSSR count). The molecule has 1 amide bonds. The van der Waals surface area contributed by atoms with Crippen molar-refractivity contribution in [1.29, 1.82) is 0 Å². The van der Waals surface area contributed by atoms with Crippen molar-refractivity contribution >= 4 is 40.3 Å². The molecule has 2 heterocycles. The second-order valence-electron chi connectivity index (χ2n) is 6.06. The van der Waals surface area contributed by atoms with Crippen molar-refractivity contribution in [1.82, 2.24) is 25.3 Å². The maximum absolute atomic E-state index is 12.4. The van der Waals surface area contributed by atoms with E-state index in [0.29, 0.717) is 34.3 Å². The van der Waals surface area contributed by atoms with Crippen LogP contribution in [0.15, 0.2) is 24.4 Å². The number of aromatic nitrogens is 4. The number of nitrogens with zero attached hydrogens (tertiary/aromatic N) is 3. The van der Waals surface area contributed by atoms with Gasteiger partial charge in [-0.3, -0.25) is 4.79 Å². The summed E-state index contributed by atoms with van der Waals surface area (Å²) in [6, 6.07) is 5.19. The first kappa shape index (κ1) is 19.5. The monoisotopic (exact) mass is 397 g/mol. The molecule has 0 aliphatic carbocycles. The second kappa shape index (κ2) is 8.59. The molecule has 0 unspecified atom stereocenters. The van der Waals surface area contributed by atoms with E-state index in [-0.39, 0.29) is 17.8 Å². The number of imidazole rings is 1. The van der Waals surface area contributed by atoms with Crippen molar-refractivity contribution in [3.8, 4) is 11.8 Å². The van der Waals surface area contributed by atoms with E-state index >= 15 is 0 Å². The second-order valence-corrected chi connectivity index (χ2v) is 6.46. The fraction of sp³-hybridized carbons (Fsp3) is 0.263. The van der Waals surface area contributed by atoms with Crippen molar-refractivity contribution in [2.45, 2.75) is 19.4 Å². The third kappa shape index (κ3) is 4.32. The Morgan fingerprint density at radius 1 is 1.29 bits per heavy atom. The lowest BCUT2D eigenvalue weighted by Gasteiger charge is -2.09. The molecule has 0 spiro atoms. The summed E-state index contributed by atoms with van der Waals surface area (Å²) in [5, 5.41) is 9.24. The first-order valence-electron chi connectivity index (χ1n) is 8.68. The SMILES string of the molecule is CNc1ncc(C#CC[C@H](C)NC(=O)c2nc3c(Cl)cccc3[nH]2)c(NC)n1. The van der Waals surface area contributed by atoms with Crippen LogP contribution in [0.4, 0.5) is 11.8 Å². The normalized spacial score (nSPS) is 11.4. The summed E-state index contributed by atoms with van der Waals surface area (Å²) < 4.78 is 0. The van der Waals surface area contributed by atoms with Crippen LogP contribution in [-0.2, 0) is 0 Å². The molecule has 0 saturated carbocycles. The third-order valence-corrected chi connectivity index (χ3v) is 4.24. The van der Waals surface area contributed by atoms with Crippen molar-refractivity contribution < 1.29 is 4.79 Å². The molecule has 1 aromatic carbocycles. The highest BCUT2D eigenvalue weighted by Crippen LogP contribution is 2.20. The topological polar surface area (TPSA) is 108 Å². The van der Waals surface area contributed by atoms with E-state index < -0.39 is 0 Å². The smallest absolute Gasteiger partial charge is 0.287 e. The van der Waals surface area contributed by atoms with Crippen LogP contribution in [0, 0.1) is 11.8 Å². The summed E-state index contributed by atoms with van der Waals surface area (Å²) in [6.07, 6.45) is 2.11. The van der Waals surface area contributed by atoms with E-state index in [1.165, 1.54) is 0 Å². The van der Waals surface area contributed by atoms with Gasteiger partial charge in [0, 0.05) is 26.6 Å². The zero-order chi connectivity index (χ0) is 20.1. The first-order chi connectivity index (χ1) is 13.5. The van der Waals surface area contributed by atoms with Gasteiger partial charge in [0.25, 0.3) is 5.91 Å². The largest absolute Gasteiger partial charge is 0.372 e. The molecule has 2 aromatic heterocycles. The van der Waals surface area contributed by atoms with Crippen LogP contribution in [0.25, 0.3) is 11.0 Å². The molecule has 0 radical (unpaired) electrons. The van der Waals surface area contributed by atoms with Crippen LogP contribution < -0.4 is 16.0 Å². The fourth-order valence-corrected chi connectivity index (χ4v) is 2.75. The summed E-state index contributed by atoms with van der Waals surface area (Å²) >= 11 is 6.10. The Morgan fingerprint density at radius 2 is 2.11 bits per heavy atom. The molecular formula is C19H20ClN7O. The quantitative estimate of drug-likeness (QED) is 0.493. The number of rotatable bonds is 5. The Morgan fingerprint density at radius 3 is 2.82 bits per heavy atom. The van der Waals surface area contributed by atoms with Crippen LogP contribution in [-0.4, -0.2) is 46.0 Å². The van der Waals surface area contributed by atoms with Gasteiger partial charge in [-0.15, -0.1) is 0 Å². The minimum absolute atomic E-state index is 0.167. The third-order valence-electron chi connectivity index (χ3n) is 3.94. The van der Waals surface area contributed by atoms with Crippen LogP contribution in [0.5, 0.6) is 0 Å². The predicted octanol–water partition coefficient (Wildman–Crippen LogP) is 2.65. The zero-order valence-electron chi connectivity index (χ0n) is 15.7. The Balaban J connectivity index is 1.64. The maximum Gasteiger partial charge on any atom is 0.287 e. The van der Waals surface area contributed by atoms with Crippen molar-refractivity contribution in [3.63, 3.8) is 0 Å². The van der Waals surface area contributed by atoms with E-state index in [2.05, 4.69) is 47.7 Å². The van der Waals surface area contributed by atoms with Gasteiger partial charge in [-0.1, -0.05) is 29.5 Å². The highest BCUT2D eigenvalue weighted by molar-refractivity contribution is 6.35. The molecule has 0 saturated heterocycles. The molecule has 8 nitrogen and oxygen atoms in total. The summed E-state index contributed by atoms with van der Waals surface area (Å²) in [5.41, 5.74) is 1.98. The van der Waals surface area contributed by atoms with E-state index in [9.17, 15) is 4.79 Å². The zero-order valence-corrected chi connectivity index (χ0v) is 16.5. The Labute approximate surface area is 167 Å². The summed E-state index contributed by atoms with van der Waals surface area (Å²) in [5.74, 6) is 7.15.